The molecule has 2 unspecified atom stereocenters. The van der Waals surface area contributed by atoms with E-state index in [9.17, 15) is 5.11 Å². The van der Waals surface area contributed by atoms with Gasteiger partial charge in [0.25, 0.3) is 0 Å². The lowest BCUT2D eigenvalue weighted by Crippen LogP contribution is -2.45. The molecule has 0 amide bonds. The summed E-state index contributed by atoms with van der Waals surface area (Å²) in [6, 6.07) is 10.5. The Kier molecular flexibility index (Phi) is 5.00. The topological polar surface area (TPSA) is 29.5 Å². The molecular formula is C17H26O2. The molecule has 0 saturated carbocycles. The van der Waals surface area contributed by atoms with Gasteiger partial charge in [-0.3, -0.25) is 0 Å². The molecule has 1 aromatic carbocycles. The highest BCUT2D eigenvalue weighted by atomic mass is 16.5. The molecule has 2 rings (SSSR count). The van der Waals surface area contributed by atoms with Crippen LogP contribution < -0.4 is 0 Å². The summed E-state index contributed by atoms with van der Waals surface area (Å²) in [5.74, 6) is 0.568. The van der Waals surface area contributed by atoms with Crippen LogP contribution in [0.3, 0.4) is 0 Å². The van der Waals surface area contributed by atoms with Gasteiger partial charge in [-0.05, 0) is 30.7 Å². The Bertz CT molecular complexity index is 368. The first-order valence-electron chi connectivity index (χ1n) is 7.50. The molecule has 2 nitrogen and oxygen atoms in total. The molecule has 1 saturated heterocycles. The molecule has 2 atom stereocenters. The number of benzene rings is 1. The van der Waals surface area contributed by atoms with E-state index >= 15 is 0 Å². The molecule has 1 heterocycles. The number of hydrogen-bond acceptors (Lipinski definition) is 2. The molecule has 0 aliphatic carbocycles. The van der Waals surface area contributed by atoms with Crippen LogP contribution in [0.15, 0.2) is 30.3 Å². The van der Waals surface area contributed by atoms with E-state index in [0.29, 0.717) is 5.92 Å². The van der Waals surface area contributed by atoms with Gasteiger partial charge in [0, 0.05) is 18.6 Å². The molecule has 1 aromatic rings. The van der Waals surface area contributed by atoms with E-state index in [1.54, 1.807) is 0 Å². The minimum Gasteiger partial charge on any atom is -0.392 e. The van der Waals surface area contributed by atoms with E-state index < -0.39 is 0 Å². The van der Waals surface area contributed by atoms with Gasteiger partial charge in [-0.2, -0.15) is 0 Å². The maximum absolute atomic E-state index is 10.8. The van der Waals surface area contributed by atoms with Gasteiger partial charge in [-0.15, -0.1) is 0 Å². The first-order chi connectivity index (χ1) is 9.19. The third kappa shape index (κ3) is 3.18. The lowest BCUT2D eigenvalue weighted by atomic mass is 9.68. The van der Waals surface area contributed by atoms with Crippen LogP contribution in [0.1, 0.15) is 45.1 Å². The molecule has 106 valence electrons. The van der Waals surface area contributed by atoms with E-state index in [1.165, 1.54) is 5.56 Å². The molecule has 0 spiro atoms. The van der Waals surface area contributed by atoms with Gasteiger partial charge in [0.2, 0.25) is 0 Å². The summed E-state index contributed by atoms with van der Waals surface area (Å²) in [6.07, 6.45) is 3.58. The van der Waals surface area contributed by atoms with Crippen molar-refractivity contribution < 1.29 is 9.84 Å². The summed E-state index contributed by atoms with van der Waals surface area (Å²) in [5.41, 5.74) is 1.16. The fourth-order valence-electron chi connectivity index (χ4n) is 3.09. The molecule has 2 heteroatoms. The smallest absolute Gasteiger partial charge is 0.0641 e. The highest BCUT2D eigenvalue weighted by Gasteiger charge is 2.41. The summed E-state index contributed by atoms with van der Waals surface area (Å²) < 4.78 is 5.52. The predicted molar refractivity (Wildman–Crippen MR) is 78.3 cm³/mol. The number of aliphatic hydroxyl groups is 1. The Morgan fingerprint density at radius 2 is 1.84 bits per heavy atom. The third-order valence-corrected chi connectivity index (χ3v) is 4.69. The fraction of sp³-hybridized carbons (Fsp3) is 0.647. The molecule has 1 aliphatic heterocycles. The number of aliphatic hydroxyl groups excluding tert-OH is 1. The SMILES string of the molecule is CCC(C)CC(O)C1(c2ccccc2)CCOCC1. The van der Waals surface area contributed by atoms with Crippen LogP contribution in [0.2, 0.25) is 0 Å². The Labute approximate surface area is 116 Å². The predicted octanol–water partition coefficient (Wildman–Crippen LogP) is 3.53. The summed E-state index contributed by atoms with van der Waals surface area (Å²) in [4.78, 5) is 0. The second-order valence-electron chi connectivity index (χ2n) is 5.90. The number of ether oxygens (including phenoxy) is 1. The summed E-state index contributed by atoms with van der Waals surface area (Å²) in [7, 11) is 0. The monoisotopic (exact) mass is 262 g/mol. The molecule has 1 N–H and O–H groups in total. The maximum Gasteiger partial charge on any atom is 0.0641 e. The standard InChI is InChI=1S/C17H26O2/c1-3-14(2)13-16(18)17(9-11-19-12-10-17)15-7-5-4-6-8-15/h4-8,14,16,18H,3,9-13H2,1-2H3. The third-order valence-electron chi connectivity index (χ3n) is 4.69. The van der Waals surface area contributed by atoms with Crippen molar-refractivity contribution in [3.63, 3.8) is 0 Å². The first-order valence-corrected chi connectivity index (χ1v) is 7.50. The van der Waals surface area contributed by atoms with Crippen LogP contribution in [-0.4, -0.2) is 24.4 Å². The van der Waals surface area contributed by atoms with Crippen molar-refractivity contribution >= 4 is 0 Å². The van der Waals surface area contributed by atoms with Gasteiger partial charge in [-0.1, -0.05) is 50.6 Å². The zero-order valence-electron chi connectivity index (χ0n) is 12.1. The van der Waals surface area contributed by atoms with Crippen LogP contribution in [0.25, 0.3) is 0 Å². The Morgan fingerprint density at radius 3 is 2.42 bits per heavy atom. The molecular weight excluding hydrogens is 236 g/mol. The number of hydrogen-bond donors (Lipinski definition) is 1. The van der Waals surface area contributed by atoms with E-state index in [-0.39, 0.29) is 11.5 Å². The van der Waals surface area contributed by atoms with Crippen molar-refractivity contribution in [2.24, 2.45) is 5.92 Å². The van der Waals surface area contributed by atoms with Crippen molar-refractivity contribution in [2.45, 2.75) is 51.0 Å². The highest BCUT2D eigenvalue weighted by molar-refractivity contribution is 5.27. The van der Waals surface area contributed by atoms with Gasteiger partial charge in [0.15, 0.2) is 0 Å². The molecule has 1 fully saturated rings. The van der Waals surface area contributed by atoms with E-state index in [1.807, 2.05) is 6.07 Å². The molecule has 1 aliphatic rings. The molecule has 0 bridgehead atoms. The molecule has 0 radical (unpaired) electrons. The lowest BCUT2D eigenvalue weighted by Gasteiger charge is -2.42. The van der Waals surface area contributed by atoms with Gasteiger partial charge >= 0.3 is 0 Å². The highest BCUT2D eigenvalue weighted by Crippen LogP contribution is 2.40. The van der Waals surface area contributed by atoms with Crippen LogP contribution in [0.4, 0.5) is 0 Å². The van der Waals surface area contributed by atoms with Crippen molar-refractivity contribution in [1.82, 2.24) is 0 Å². The number of rotatable bonds is 5. The Hall–Kier alpha value is -0.860. The van der Waals surface area contributed by atoms with Crippen molar-refractivity contribution in [3.05, 3.63) is 35.9 Å². The zero-order valence-corrected chi connectivity index (χ0v) is 12.1. The largest absolute Gasteiger partial charge is 0.392 e. The van der Waals surface area contributed by atoms with Gasteiger partial charge in [0.05, 0.1) is 6.10 Å². The average molecular weight is 262 g/mol. The Balaban J connectivity index is 2.24. The lowest BCUT2D eigenvalue weighted by molar-refractivity contribution is -0.0242. The normalized spacial score (nSPS) is 21.8. The quantitative estimate of drug-likeness (QED) is 0.879. The molecule has 0 aromatic heterocycles. The van der Waals surface area contributed by atoms with Gasteiger partial charge < -0.3 is 9.84 Å². The van der Waals surface area contributed by atoms with Crippen molar-refractivity contribution in [1.29, 1.82) is 0 Å². The zero-order chi connectivity index (χ0) is 13.7. The van der Waals surface area contributed by atoms with Crippen LogP contribution in [-0.2, 0) is 10.2 Å². The van der Waals surface area contributed by atoms with Crippen LogP contribution >= 0.6 is 0 Å². The van der Waals surface area contributed by atoms with Gasteiger partial charge in [-0.25, -0.2) is 0 Å². The minimum atomic E-state index is -0.270. The van der Waals surface area contributed by atoms with Gasteiger partial charge in [0.1, 0.15) is 0 Å². The van der Waals surface area contributed by atoms with Crippen molar-refractivity contribution in [3.8, 4) is 0 Å². The average Bonchev–Trinajstić information content (AvgIpc) is 2.48. The van der Waals surface area contributed by atoms with E-state index in [2.05, 4.69) is 38.1 Å². The summed E-state index contributed by atoms with van der Waals surface area (Å²) >= 11 is 0. The first kappa shape index (κ1) is 14.5. The van der Waals surface area contributed by atoms with E-state index in [0.717, 1.165) is 38.9 Å². The maximum atomic E-state index is 10.8. The second-order valence-corrected chi connectivity index (χ2v) is 5.90. The molecule has 19 heavy (non-hydrogen) atoms. The Morgan fingerprint density at radius 1 is 1.21 bits per heavy atom. The minimum absolute atomic E-state index is 0.108. The van der Waals surface area contributed by atoms with E-state index in [4.69, 9.17) is 4.74 Å². The van der Waals surface area contributed by atoms with Crippen molar-refractivity contribution in [2.75, 3.05) is 13.2 Å². The summed E-state index contributed by atoms with van der Waals surface area (Å²) in [6.45, 7) is 5.93. The second kappa shape index (κ2) is 6.53. The summed E-state index contributed by atoms with van der Waals surface area (Å²) in [5, 5.41) is 10.8. The van der Waals surface area contributed by atoms with Crippen LogP contribution in [0, 0.1) is 5.92 Å². The van der Waals surface area contributed by atoms with Crippen LogP contribution in [0.5, 0.6) is 0 Å². The fourth-order valence-corrected chi connectivity index (χ4v) is 3.09.